The lowest BCUT2D eigenvalue weighted by molar-refractivity contribution is -0.151. The maximum Gasteiger partial charge on any atom is 0.323 e. The molecule has 1 saturated heterocycles. The van der Waals surface area contributed by atoms with Gasteiger partial charge in [-0.3, -0.25) is 9.69 Å². The third-order valence-electron chi connectivity index (χ3n) is 3.85. The highest BCUT2D eigenvalue weighted by atomic mass is 32.2. The van der Waals surface area contributed by atoms with E-state index < -0.39 is 27.9 Å². The first-order chi connectivity index (χ1) is 9.50. The summed E-state index contributed by atoms with van der Waals surface area (Å²) in [6, 6.07) is 5.62. The molecule has 0 amide bonds. The van der Waals surface area contributed by atoms with Crippen LogP contribution in [0.3, 0.4) is 0 Å². The quantitative estimate of drug-likeness (QED) is 0.845. The number of rotatable bonds is 2. The van der Waals surface area contributed by atoms with E-state index in [4.69, 9.17) is 4.74 Å². The van der Waals surface area contributed by atoms with Crippen molar-refractivity contribution in [2.75, 3.05) is 25.5 Å². The summed E-state index contributed by atoms with van der Waals surface area (Å²) in [4.78, 5) is 13.4. The molecule has 0 aromatic heterocycles. The van der Waals surface area contributed by atoms with E-state index in [1.54, 1.807) is 29.2 Å². The zero-order valence-corrected chi connectivity index (χ0v) is 11.5. The Morgan fingerprint density at radius 2 is 2.10 bits per heavy atom. The van der Waals surface area contributed by atoms with Crippen LogP contribution in [0.25, 0.3) is 0 Å². The Hall–Kier alpha value is -1.44. The van der Waals surface area contributed by atoms with Gasteiger partial charge in [-0.1, -0.05) is 18.2 Å². The Balaban J connectivity index is 2.01. The van der Waals surface area contributed by atoms with Crippen LogP contribution in [0.4, 0.5) is 0 Å². The summed E-state index contributed by atoms with van der Waals surface area (Å²) < 4.78 is 29.6. The average Bonchev–Trinajstić information content (AvgIpc) is 2.71. The molecule has 0 saturated carbocycles. The molecule has 3 rings (SSSR count). The molecule has 1 N–H and O–H groups in total. The molecular weight excluding hydrogens is 282 g/mol. The minimum absolute atomic E-state index is 0.0594. The minimum Gasteiger partial charge on any atom is -0.480 e. The van der Waals surface area contributed by atoms with Crippen LogP contribution in [-0.2, 0) is 19.4 Å². The Kier molecular flexibility index (Phi) is 3.27. The summed E-state index contributed by atoms with van der Waals surface area (Å²) in [5, 5.41) is 9.28. The fraction of sp³-hybridized carbons (Fsp3) is 0.462. The lowest BCUT2D eigenvalue weighted by atomic mass is 10.0. The molecule has 108 valence electrons. The van der Waals surface area contributed by atoms with Gasteiger partial charge in [-0.25, -0.2) is 8.42 Å². The number of aliphatic carboxylic acids is 1. The summed E-state index contributed by atoms with van der Waals surface area (Å²) in [5.41, 5.74) is 0.695. The second-order valence-electron chi connectivity index (χ2n) is 5.00. The van der Waals surface area contributed by atoms with Crippen molar-refractivity contribution in [3.05, 3.63) is 29.8 Å². The number of nitrogens with zero attached hydrogens (tertiary/aromatic N) is 1. The van der Waals surface area contributed by atoms with Gasteiger partial charge in [0.25, 0.3) is 0 Å². The zero-order chi connectivity index (χ0) is 14.3. The summed E-state index contributed by atoms with van der Waals surface area (Å²) in [7, 11) is -3.33. The van der Waals surface area contributed by atoms with E-state index in [9.17, 15) is 18.3 Å². The van der Waals surface area contributed by atoms with Crippen LogP contribution in [0, 0.1) is 0 Å². The molecule has 2 aliphatic heterocycles. The van der Waals surface area contributed by atoms with E-state index in [1.807, 2.05) is 0 Å². The molecule has 2 unspecified atom stereocenters. The fourth-order valence-corrected chi connectivity index (χ4v) is 4.72. The summed E-state index contributed by atoms with van der Waals surface area (Å²) in [5.74, 6) is -1.04. The smallest absolute Gasteiger partial charge is 0.323 e. The molecular formula is C13H15NO5S. The number of hydrogen-bond acceptors (Lipinski definition) is 5. The number of sulfone groups is 1. The highest BCUT2D eigenvalue weighted by molar-refractivity contribution is 7.91. The number of morpholine rings is 1. The van der Waals surface area contributed by atoms with Gasteiger partial charge < -0.3 is 9.84 Å². The predicted molar refractivity (Wildman–Crippen MR) is 70.2 cm³/mol. The fourth-order valence-electron chi connectivity index (χ4n) is 2.90. The van der Waals surface area contributed by atoms with E-state index >= 15 is 0 Å². The van der Waals surface area contributed by atoms with Crippen molar-refractivity contribution in [2.24, 2.45) is 0 Å². The third kappa shape index (κ3) is 2.11. The number of hydrogen-bond donors (Lipinski definition) is 1. The van der Waals surface area contributed by atoms with Crippen LogP contribution in [0.5, 0.6) is 0 Å². The molecule has 6 nitrogen and oxygen atoms in total. The normalized spacial score (nSPS) is 29.0. The van der Waals surface area contributed by atoms with Gasteiger partial charge in [-0.15, -0.1) is 0 Å². The number of fused-ring (bicyclic) bond motifs is 1. The van der Waals surface area contributed by atoms with E-state index in [2.05, 4.69) is 0 Å². The Morgan fingerprint density at radius 1 is 1.35 bits per heavy atom. The lowest BCUT2D eigenvalue weighted by Gasteiger charge is -2.37. The zero-order valence-electron chi connectivity index (χ0n) is 10.7. The van der Waals surface area contributed by atoms with Gasteiger partial charge in [0.05, 0.1) is 29.9 Å². The van der Waals surface area contributed by atoms with Gasteiger partial charge in [-0.2, -0.15) is 0 Å². The number of carbonyl (C=O) groups is 1. The molecule has 1 aromatic carbocycles. The molecule has 2 aliphatic rings. The summed E-state index contributed by atoms with van der Waals surface area (Å²) in [6.45, 7) is 0.933. The highest BCUT2D eigenvalue weighted by Crippen LogP contribution is 2.38. The van der Waals surface area contributed by atoms with Crippen molar-refractivity contribution in [1.29, 1.82) is 0 Å². The Morgan fingerprint density at radius 3 is 2.85 bits per heavy atom. The molecule has 7 heteroatoms. The van der Waals surface area contributed by atoms with Gasteiger partial charge in [-0.05, 0) is 11.6 Å². The van der Waals surface area contributed by atoms with Gasteiger partial charge in [0.15, 0.2) is 9.84 Å². The Labute approximate surface area is 116 Å². The maximum atomic E-state index is 12.2. The van der Waals surface area contributed by atoms with Crippen LogP contribution in [0.15, 0.2) is 29.2 Å². The van der Waals surface area contributed by atoms with Crippen molar-refractivity contribution in [2.45, 2.75) is 17.0 Å². The van der Waals surface area contributed by atoms with Crippen molar-refractivity contribution < 1.29 is 23.1 Å². The van der Waals surface area contributed by atoms with E-state index in [1.165, 1.54) is 0 Å². The molecule has 2 heterocycles. The van der Waals surface area contributed by atoms with Crippen molar-refractivity contribution in [3.63, 3.8) is 0 Å². The molecule has 0 bridgehead atoms. The monoisotopic (exact) mass is 297 g/mol. The molecule has 1 fully saturated rings. The van der Waals surface area contributed by atoms with Gasteiger partial charge in [0, 0.05) is 6.54 Å². The first kappa shape index (κ1) is 13.5. The minimum atomic E-state index is -3.33. The second kappa shape index (κ2) is 4.83. The van der Waals surface area contributed by atoms with Crippen LogP contribution in [0.2, 0.25) is 0 Å². The number of carboxylic acid groups (broad SMARTS) is 1. The first-order valence-corrected chi connectivity index (χ1v) is 8.04. The molecule has 20 heavy (non-hydrogen) atoms. The Bertz CT molecular complexity index is 642. The van der Waals surface area contributed by atoms with E-state index in [0.717, 1.165) is 0 Å². The lowest BCUT2D eigenvalue weighted by Crippen LogP contribution is -2.51. The predicted octanol–water partition coefficient (Wildman–Crippen LogP) is 0.300. The van der Waals surface area contributed by atoms with Gasteiger partial charge in [0.1, 0.15) is 6.04 Å². The standard InChI is InChI=1S/C13H15NO5S/c15-13(16)10-7-19-6-5-14(10)11-8-20(17,18)12-4-2-1-3-9(11)12/h1-4,10-11H,5-8H2,(H,15,16). The summed E-state index contributed by atoms with van der Waals surface area (Å²) >= 11 is 0. The molecule has 0 radical (unpaired) electrons. The largest absolute Gasteiger partial charge is 0.480 e. The van der Waals surface area contributed by atoms with Crippen LogP contribution >= 0.6 is 0 Å². The number of ether oxygens (including phenoxy) is 1. The molecule has 0 spiro atoms. The second-order valence-corrected chi connectivity index (χ2v) is 7.00. The molecule has 0 aliphatic carbocycles. The van der Waals surface area contributed by atoms with Crippen LogP contribution in [0.1, 0.15) is 11.6 Å². The number of benzene rings is 1. The van der Waals surface area contributed by atoms with Crippen molar-refractivity contribution in [1.82, 2.24) is 4.90 Å². The van der Waals surface area contributed by atoms with Crippen molar-refractivity contribution >= 4 is 15.8 Å². The van der Waals surface area contributed by atoms with E-state index in [-0.39, 0.29) is 12.4 Å². The third-order valence-corrected chi connectivity index (χ3v) is 5.64. The van der Waals surface area contributed by atoms with Crippen LogP contribution < -0.4 is 0 Å². The van der Waals surface area contributed by atoms with Crippen molar-refractivity contribution in [3.8, 4) is 0 Å². The van der Waals surface area contributed by atoms with Crippen LogP contribution in [-0.4, -0.2) is 55.9 Å². The van der Waals surface area contributed by atoms with Gasteiger partial charge >= 0.3 is 5.97 Å². The SMILES string of the molecule is O=C(O)C1COCCN1C1CS(=O)(=O)c2ccccc21. The van der Waals surface area contributed by atoms with Gasteiger partial charge in [0.2, 0.25) is 0 Å². The molecule has 1 aromatic rings. The highest BCUT2D eigenvalue weighted by Gasteiger charge is 2.42. The number of carboxylic acids is 1. The first-order valence-electron chi connectivity index (χ1n) is 6.39. The molecule has 2 atom stereocenters. The maximum absolute atomic E-state index is 12.2. The average molecular weight is 297 g/mol. The summed E-state index contributed by atoms with van der Waals surface area (Å²) in [6.07, 6.45) is 0. The topological polar surface area (TPSA) is 83.9 Å². The van der Waals surface area contributed by atoms with E-state index in [0.29, 0.717) is 23.6 Å².